The molecule has 0 unspecified atom stereocenters. The van der Waals surface area contributed by atoms with Gasteiger partial charge in [0, 0.05) is 0 Å². The van der Waals surface area contributed by atoms with Gasteiger partial charge in [0.15, 0.2) is 0 Å². The minimum absolute atomic E-state index is 0.599. The second-order valence-electron chi connectivity index (χ2n) is 3.02. The molecule has 0 amide bonds. The molecule has 0 aromatic rings. The molecule has 0 radical (unpaired) electrons. The van der Waals surface area contributed by atoms with Gasteiger partial charge in [0.25, 0.3) is 0 Å². The first-order valence-corrected chi connectivity index (χ1v) is 8.01. The Labute approximate surface area is 89.5 Å². The molecule has 0 N–H and O–H groups in total. The van der Waals surface area contributed by atoms with Crippen molar-refractivity contribution in [2.75, 3.05) is 0 Å². The predicted octanol–water partition coefficient (Wildman–Crippen LogP) is 1.36. The summed E-state index contributed by atoms with van der Waals surface area (Å²) in [6, 6.07) is 0. The molecule has 0 bridgehead atoms. The van der Waals surface area contributed by atoms with Gasteiger partial charge in [-0.1, -0.05) is 0 Å². The van der Waals surface area contributed by atoms with Crippen molar-refractivity contribution in [2.45, 2.75) is 25.7 Å². The van der Waals surface area contributed by atoms with Crippen molar-refractivity contribution >= 4 is 13.4 Å². The number of allylic oxidation sites excluding steroid dienone is 4. The van der Waals surface area contributed by atoms with Gasteiger partial charge in [0.2, 0.25) is 0 Å². The molecule has 0 saturated heterocycles. The molecule has 0 aliphatic heterocycles. The Hall–Kier alpha value is -1.16. The second-order valence-corrected chi connectivity index (χ2v) is 7.81. The van der Waals surface area contributed by atoms with Gasteiger partial charge in [-0.15, -0.1) is 0 Å². The number of carbonyl (C=O) groups excluding carboxylic acids is 3. The van der Waals surface area contributed by atoms with Gasteiger partial charge in [-0.3, -0.25) is 0 Å². The van der Waals surface area contributed by atoms with E-state index in [4.69, 9.17) is 0 Å². The summed E-state index contributed by atoms with van der Waals surface area (Å²) in [5.41, 5.74) is 0. The SMILES string of the molecule is O=[C]=[Ru](=[C]=O)(=[C]=O)[C]1=CC=CCCCC1. The van der Waals surface area contributed by atoms with Crippen LogP contribution in [0.4, 0.5) is 0 Å². The fraction of sp³-hybridized carbons (Fsp3) is 0.364. The van der Waals surface area contributed by atoms with Gasteiger partial charge >= 0.3 is 89.3 Å². The van der Waals surface area contributed by atoms with Crippen LogP contribution in [0.1, 0.15) is 25.7 Å². The van der Waals surface area contributed by atoms with Gasteiger partial charge in [-0.2, -0.15) is 0 Å². The first kappa shape index (κ1) is 11.9. The van der Waals surface area contributed by atoms with E-state index in [2.05, 4.69) is 0 Å². The van der Waals surface area contributed by atoms with E-state index in [0.717, 1.165) is 19.3 Å². The molecule has 1 aliphatic carbocycles. The second kappa shape index (κ2) is 5.66. The van der Waals surface area contributed by atoms with E-state index in [1.807, 2.05) is 6.08 Å². The molecule has 1 aliphatic rings. The summed E-state index contributed by atoms with van der Waals surface area (Å²) in [5, 5.41) is 0. The Morgan fingerprint density at radius 1 is 1.07 bits per heavy atom. The molecule has 0 fully saturated rings. The number of hydrogen-bond acceptors (Lipinski definition) is 3. The van der Waals surface area contributed by atoms with Crippen molar-refractivity contribution in [1.29, 1.82) is 0 Å². The topological polar surface area (TPSA) is 51.2 Å². The van der Waals surface area contributed by atoms with Gasteiger partial charge in [-0.25, -0.2) is 0 Å². The van der Waals surface area contributed by atoms with Gasteiger partial charge in [0.05, 0.1) is 0 Å². The Morgan fingerprint density at radius 2 is 1.73 bits per heavy atom. The maximum absolute atomic E-state index is 10.7. The van der Waals surface area contributed by atoms with Crippen molar-refractivity contribution in [1.82, 2.24) is 0 Å². The van der Waals surface area contributed by atoms with Crippen LogP contribution in [0.25, 0.3) is 0 Å². The van der Waals surface area contributed by atoms with Crippen LogP contribution in [-0.4, -0.2) is 13.4 Å². The third-order valence-corrected chi connectivity index (χ3v) is 6.10. The molecular weight excluding hydrogens is 281 g/mol. The number of rotatable bonds is 1. The maximum atomic E-state index is 10.7. The minimum atomic E-state index is -3.82. The Kier molecular flexibility index (Phi) is 4.49. The fourth-order valence-electron chi connectivity index (χ4n) is 1.31. The Morgan fingerprint density at radius 3 is 2.33 bits per heavy atom. The molecule has 0 spiro atoms. The van der Waals surface area contributed by atoms with Crippen LogP contribution in [0.15, 0.2) is 22.4 Å². The molecular formula is C11H11O3Ru. The van der Waals surface area contributed by atoms with Gasteiger partial charge in [-0.05, 0) is 0 Å². The van der Waals surface area contributed by atoms with E-state index in [9.17, 15) is 14.4 Å². The molecule has 3 nitrogen and oxygen atoms in total. The molecule has 81 valence electrons. The average Bonchev–Trinajstić information content (AvgIpc) is 2.23. The van der Waals surface area contributed by atoms with Crippen LogP contribution in [0, 0.1) is 0 Å². The van der Waals surface area contributed by atoms with E-state index in [-0.39, 0.29) is 0 Å². The van der Waals surface area contributed by atoms with E-state index in [1.165, 1.54) is 0 Å². The quantitative estimate of drug-likeness (QED) is 0.686. The average molecular weight is 292 g/mol. The van der Waals surface area contributed by atoms with Gasteiger partial charge < -0.3 is 0 Å². The van der Waals surface area contributed by atoms with E-state index >= 15 is 0 Å². The molecule has 0 saturated carbocycles. The molecule has 15 heavy (non-hydrogen) atoms. The monoisotopic (exact) mass is 293 g/mol. The van der Waals surface area contributed by atoms with Crippen molar-refractivity contribution in [2.24, 2.45) is 0 Å². The standard InChI is InChI=1S/C8H11.3CO.Ru/c1-2-4-6-8-7-5-3-1;3*1-2;/h1-3H,4,6-8H2;;;;. The zero-order chi connectivity index (χ0) is 11.1. The summed E-state index contributed by atoms with van der Waals surface area (Å²) in [6.45, 7) is 0. The van der Waals surface area contributed by atoms with Crippen molar-refractivity contribution in [3.8, 4) is 0 Å². The van der Waals surface area contributed by atoms with Crippen LogP contribution >= 0.6 is 0 Å². The van der Waals surface area contributed by atoms with Crippen LogP contribution in [0.2, 0.25) is 0 Å². The van der Waals surface area contributed by atoms with Crippen molar-refractivity contribution < 1.29 is 27.8 Å². The first-order chi connectivity index (χ1) is 7.29. The van der Waals surface area contributed by atoms with E-state index < -0.39 is 13.4 Å². The van der Waals surface area contributed by atoms with Gasteiger partial charge in [0.1, 0.15) is 0 Å². The summed E-state index contributed by atoms with van der Waals surface area (Å²) >= 11 is -3.82. The van der Waals surface area contributed by atoms with E-state index in [0.29, 0.717) is 10.6 Å². The molecule has 0 aromatic carbocycles. The molecule has 0 aromatic heterocycles. The number of hydrogen-bond donors (Lipinski definition) is 0. The summed E-state index contributed by atoms with van der Waals surface area (Å²) < 4.78 is 5.41. The van der Waals surface area contributed by atoms with Crippen molar-refractivity contribution in [3.63, 3.8) is 0 Å². The molecule has 0 atom stereocenters. The third kappa shape index (κ3) is 2.66. The van der Waals surface area contributed by atoms with Crippen molar-refractivity contribution in [3.05, 3.63) is 22.4 Å². The summed E-state index contributed by atoms with van der Waals surface area (Å²) in [6.07, 6.45) is 8.91. The zero-order valence-corrected chi connectivity index (χ0v) is 9.88. The third-order valence-electron chi connectivity index (χ3n) is 2.10. The molecule has 4 heteroatoms. The van der Waals surface area contributed by atoms with Crippen LogP contribution in [0.5, 0.6) is 0 Å². The summed E-state index contributed by atoms with van der Waals surface area (Å²) in [4.78, 5) is 32.2. The molecule has 1 rings (SSSR count). The van der Waals surface area contributed by atoms with Crippen LogP contribution < -0.4 is 0 Å². The molecule has 0 heterocycles. The predicted molar refractivity (Wildman–Crippen MR) is 52.8 cm³/mol. The first-order valence-electron chi connectivity index (χ1n) is 4.54. The Balaban J connectivity index is 3.47. The summed E-state index contributed by atoms with van der Waals surface area (Å²) in [5.74, 6) is 0. The van der Waals surface area contributed by atoms with E-state index in [1.54, 1.807) is 25.6 Å². The normalized spacial score (nSPS) is 16.4. The summed E-state index contributed by atoms with van der Waals surface area (Å²) in [7, 11) is 0. The Bertz CT molecular complexity index is 502. The van der Waals surface area contributed by atoms with Crippen LogP contribution in [0.3, 0.4) is 0 Å². The fourth-order valence-corrected chi connectivity index (χ4v) is 3.77. The van der Waals surface area contributed by atoms with Crippen LogP contribution in [-0.2, 0) is 27.8 Å². The zero-order valence-electron chi connectivity index (χ0n) is 8.14.